The standard InChI is InChI=1S/C22H24N6O3/c1-15-20(21(30)24-22(2,14-29)19-8-10-27(3)26-19)18-12-17(7-11-28(18)25-15)31-13-16-6-4-5-9-23-16/h4-12,29H,13-14H2,1-3H3,(H,24,30). The number of ether oxygens (including phenoxy) is 1. The molecular weight excluding hydrogens is 396 g/mol. The van der Waals surface area contributed by atoms with Crippen LogP contribution in [0.25, 0.3) is 5.52 Å². The van der Waals surface area contributed by atoms with Crippen molar-refractivity contribution in [1.29, 1.82) is 0 Å². The van der Waals surface area contributed by atoms with Gasteiger partial charge in [-0.3, -0.25) is 14.5 Å². The Morgan fingerprint density at radius 2 is 2.06 bits per heavy atom. The van der Waals surface area contributed by atoms with Crippen LogP contribution < -0.4 is 10.1 Å². The first-order chi connectivity index (χ1) is 14.9. The first-order valence-electron chi connectivity index (χ1n) is 9.85. The number of hydrogen-bond donors (Lipinski definition) is 2. The second-order valence-corrected chi connectivity index (χ2v) is 7.58. The van der Waals surface area contributed by atoms with Gasteiger partial charge in [0, 0.05) is 31.7 Å². The zero-order valence-electron chi connectivity index (χ0n) is 17.6. The Balaban J connectivity index is 1.61. The van der Waals surface area contributed by atoms with Gasteiger partial charge < -0.3 is 15.2 Å². The lowest BCUT2D eigenvalue weighted by Crippen LogP contribution is -2.46. The molecule has 4 aromatic heterocycles. The van der Waals surface area contributed by atoms with Crippen LogP contribution in [0.5, 0.6) is 5.75 Å². The number of amides is 1. The van der Waals surface area contributed by atoms with Crippen molar-refractivity contribution in [3.05, 3.63) is 77.6 Å². The zero-order valence-corrected chi connectivity index (χ0v) is 17.6. The lowest BCUT2D eigenvalue weighted by Gasteiger charge is -2.26. The summed E-state index contributed by atoms with van der Waals surface area (Å²) in [6.45, 7) is 3.52. The summed E-state index contributed by atoms with van der Waals surface area (Å²) in [5.41, 5.74) is 1.93. The lowest BCUT2D eigenvalue weighted by atomic mass is 9.98. The van der Waals surface area contributed by atoms with Crippen molar-refractivity contribution >= 4 is 11.4 Å². The van der Waals surface area contributed by atoms with E-state index in [4.69, 9.17) is 4.74 Å². The Morgan fingerprint density at radius 3 is 2.74 bits per heavy atom. The van der Waals surface area contributed by atoms with Gasteiger partial charge in [0.1, 0.15) is 17.9 Å². The topological polar surface area (TPSA) is 107 Å². The van der Waals surface area contributed by atoms with E-state index in [1.165, 1.54) is 0 Å². The molecule has 0 bridgehead atoms. The van der Waals surface area contributed by atoms with Crippen LogP contribution in [0.3, 0.4) is 0 Å². The Morgan fingerprint density at radius 1 is 1.23 bits per heavy atom. The fourth-order valence-corrected chi connectivity index (χ4v) is 3.36. The Labute approximate surface area is 179 Å². The van der Waals surface area contributed by atoms with Gasteiger partial charge in [-0.25, -0.2) is 4.52 Å². The number of aryl methyl sites for hydroxylation is 2. The molecule has 9 nitrogen and oxygen atoms in total. The zero-order chi connectivity index (χ0) is 22.0. The van der Waals surface area contributed by atoms with Crippen LogP contribution in [0, 0.1) is 6.92 Å². The highest BCUT2D eigenvalue weighted by molar-refractivity contribution is 6.02. The summed E-state index contributed by atoms with van der Waals surface area (Å²) in [7, 11) is 1.78. The van der Waals surface area contributed by atoms with E-state index in [2.05, 4.69) is 20.5 Å². The molecule has 4 aromatic rings. The quantitative estimate of drug-likeness (QED) is 0.474. The predicted molar refractivity (Wildman–Crippen MR) is 114 cm³/mol. The third-order valence-electron chi connectivity index (χ3n) is 5.11. The van der Waals surface area contributed by atoms with Crippen LogP contribution in [-0.2, 0) is 19.2 Å². The first kappa shape index (κ1) is 20.5. The van der Waals surface area contributed by atoms with Gasteiger partial charge in [-0.15, -0.1) is 0 Å². The maximum Gasteiger partial charge on any atom is 0.256 e. The number of aromatic nitrogens is 5. The normalized spacial score (nSPS) is 13.2. The number of nitrogens with zero attached hydrogens (tertiary/aromatic N) is 5. The van der Waals surface area contributed by atoms with Crippen molar-refractivity contribution in [3.8, 4) is 5.75 Å². The lowest BCUT2D eigenvalue weighted by molar-refractivity contribution is 0.0845. The molecule has 0 aliphatic carbocycles. The fourth-order valence-electron chi connectivity index (χ4n) is 3.36. The van der Waals surface area contributed by atoms with Gasteiger partial charge in [-0.2, -0.15) is 10.2 Å². The van der Waals surface area contributed by atoms with Crippen LogP contribution in [0.4, 0.5) is 0 Å². The van der Waals surface area contributed by atoms with E-state index >= 15 is 0 Å². The molecule has 160 valence electrons. The molecule has 0 fully saturated rings. The highest BCUT2D eigenvalue weighted by Gasteiger charge is 2.32. The van der Waals surface area contributed by atoms with Crippen molar-refractivity contribution in [1.82, 2.24) is 29.7 Å². The van der Waals surface area contributed by atoms with E-state index < -0.39 is 5.54 Å². The summed E-state index contributed by atoms with van der Waals surface area (Å²) in [6.07, 6.45) is 5.22. The molecule has 4 heterocycles. The summed E-state index contributed by atoms with van der Waals surface area (Å²) in [5.74, 6) is 0.248. The minimum Gasteiger partial charge on any atom is -0.487 e. The summed E-state index contributed by atoms with van der Waals surface area (Å²) in [5, 5.41) is 21.7. The van der Waals surface area contributed by atoms with Crippen LogP contribution in [-0.4, -0.2) is 42.0 Å². The Hall–Kier alpha value is -3.72. The fraction of sp³-hybridized carbons (Fsp3) is 0.273. The van der Waals surface area contributed by atoms with E-state index in [0.29, 0.717) is 34.8 Å². The van der Waals surface area contributed by atoms with E-state index in [1.807, 2.05) is 18.2 Å². The van der Waals surface area contributed by atoms with Gasteiger partial charge in [-0.05, 0) is 38.1 Å². The van der Waals surface area contributed by atoms with Gasteiger partial charge in [0.15, 0.2) is 0 Å². The van der Waals surface area contributed by atoms with E-state index in [1.54, 1.807) is 66.9 Å². The molecule has 4 rings (SSSR count). The third kappa shape index (κ3) is 4.13. The molecule has 31 heavy (non-hydrogen) atoms. The maximum absolute atomic E-state index is 13.2. The van der Waals surface area contributed by atoms with Gasteiger partial charge in [-0.1, -0.05) is 6.07 Å². The molecular formula is C22H24N6O3. The van der Waals surface area contributed by atoms with E-state index in [0.717, 1.165) is 5.69 Å². The minimum atomic E-state index is -1.04. The average Bonchev–Trinajstić information content (AvgIpc) is 3.35. The van der Waals surface area contributed by atoms with Crippen molar-refractivity contribution in [3.63, 3.8) is 0 Å². The molecule has 0 saturated carbocycles. The smallest absolute Gasteiger partial charge is 0.256 e. The van der Waals surface area contributed by atoms with Gasteiger partial charge in [0.05, 0.1) is 34.8 Å². The number of carbonyl (C=O) groups excluding carboxylic acids is 1. The van der Waals surface area contributed by atoms with Crippen LogP contribution >= 0.6 is 0 Å². The van der Waals surface area contributed by atoms with Gasteiger partial charge >= 0.3 is 0 Å². The molecule has 0 aliphatic rings. The second kappa shape index (κ2) is 8.19. The molecule has 1 atom stereocenters. The average molecular weight is 420 g/mol. The summed E-state index contributed by atoms with van der Waals surface area (Å²) in [4.78, 5) is 17.5. The third-order valence-corrected chi connectivity index (χ3v) is 5.11. The number of rotatable bonds is 7. The molecule has 2 N–H and O–H groups in total. The van der Waals surface area contributed by atoms with Gasteiger partial charge in [0.25, 0.3) is 5.91 Å². The van der Waals surface area contributed by atoms with E-state index in [-0.39, 0.29) is 12.5 Å². The van der Waals surface area contributed by atoms with Crippen LogP contribution in [0.2, 0.25) is 0 Å². The van der Waals surface area contributed by atoms with Crippen LogP contribution in [0.15, 0.2) is 55.0 Å². The largest absolute Gasteiger partial charge is 0.487 e. The minimum absolute atomic E-state index is 0.299. The van der Waals surface area contributed by atoms with Crippen molar-refractivity contribution in [2.75, 3.05) is 6.61 Å². The Bertz CT molecular complexity index is 1220. The van der Waals surface area contributed by atoms with Crippen molar-refractivity contribution < 1.29 is 14.6 Å². The highest BCUT2D eigenvalue weighted by atomic mass is 16.5. The second-order valence-electron chi connectivity index (χ2n) is 7.58. The molecule has 9 heteroatoms. The molecule has 1 unspecified atom stereocenters. The summed E-state index contributed by atoms with van der Waals surface area (Å²) in [6, 6.07) is 11.0. The number of nitrogens with one attached hydrogen (secondary N) is 1. The number of aliphatic hydroxyl groups is 1. The molecule has 0 aliphatic heterocycles. The number of fused-ring (bicyclic) bond motifs is 1. The monoisotopic (exact) mass is 420 g/mol. The summed E-state index contributed by atoms with van der Waals surface area (Å²) >= 11 is 0. The molecule has 1 amide bonds. The van der Waals surface area contributed by atoms with E-state index in [9.17, 15) is 9.90 Å². The number of pyridine rings is 2. The predicted octanol–water partition coefficient (Wildman–Crippen LogP) is 1.99. The number of carbonyl (C=O) groups is 1. The first-order valence-corrected chi connectivity index (χ1v) is 9.85. The van der Waals surface area contributed by atoms with Crippen LogP contribution in [0.1, 0.15) is 34.4 Å². The molecule has 0 spiro atoms. The van der Waals surface area contributed by atoms with Gasteiger partial charge in [0.2, 0.25) is 0 Å². The molecule has 0 aromatic carbocycles. The Kier molecular flexibility index (Phi) is 5.43. The highest BCUT2D eigenvalue weighted by Crippen LogP contribution is 2.24. The maximum atomic E-state index is 13.2. The van der Waals surface area contributed by atoms with Crippen molar-refractivity contribution in [2.45, 2.75) is 26.0 Å². The molecule has 0 saturated heterocycles. The SMILES string of the molecule is Cc1nn2ccc(OCc3ccccn3)cc2c1C(=O)NC(C)(CO)c1ccn(C)n1. The van der Waals surface area contributed by atoms with Crippen molar-refractivity contribution in [2.24, 2.45) is 7.05 Å². The summed E-state index contributed by atoms with van der Waals surface area (Å²) < 4.78 is 9.11. The number of hydrogen-bond acceptors (Lipinski definition) is 6. The number of aliphatic hydroxyl groups excluding tert-OH is 1. The molecule has 0 radical (unpaired) electrons.